The summed E-state index contributed by atoms with van der Waals surface area (Å²) in [6.45, 7) is 6.50. The third-order valence-corrected chi connectivity index (χ3v) is 1.64. The zero-order valence-electron chi connectivity index (χ0n) is 9.20. The average Bonchev–Trinajstić information content (AvgIpc) is 2.61. The van der Waals surface area contributed by atoms with Crippen LogP contribution in [0.25, 0.3) is 0 Å². The van der Waals surface area contributed by atoms with Gasteiger partial charge < -0.3 is 5.11 Å². The van der Waals surface area contributed by atoms with E-state index < -0.39 is 0 Å². The molecule has 0 radical (unpaired) electrons. The van der Waals surface area contributed by atoms with Crippen LogP contribution in [0, 0.1) is 12.8 Å². The van der Waals surface area contributed by atoms with Crippen LogP contribution in [0.4, 0.5) is 0 Å². The number of ketones is 1. The van der Waals surface area contributed by atoms with Gasteiger partial charge in [-0.05, 0) is 39.8 Å². The summed E-state index contributed by atoms with van der Waals surface area (Å²) in [5, 5.41) is 7.57. The van der Waals surface area contributed by atoms with E-state index in [2.05, 4.69) is 17.7 Å². The molecule has 0 amide bonds. The van der Waals surface area contributed by atoms with Gasteiger partial charge in [-0.1, -0.05) is 0 Å². The van der Waals surface area contributed by atoms with Crippen molar-refractivity contribution in [1.29, 1.82) is 0 Å². The van der Waals surface area contributed by atoms with Gasteiger partial charge in [-0.25, -0.2) is 0 Å². The molecule has 0 aliphatic carbocycles. The highest BCUT2D eigenvalue weighted by Gasteiger charge is 2.11. The summed E-state index contributed by atoms with van der Waals surface area (Å²) in [7, 11) is 0. The fraction of sp³-hybridized carbons (Fsp3) is 0.727. The van der Waals surface area contributed by atoms with Crippen LogP contribution in [0.15, 0.2) is 0 Å². The maximum Gasteiger partial charge on any atom is 0.143 e. The second-order valence-electron chi connectivity index (χ2n) is 3.00. The summed E-state index contributed by atoms with van der Waals surface area (Å²) < 4.78 is 0. The van der Waals surface area contributed by atoms with Crippen molar-refractivity contribution >= 4 is 5.78 Å². The predicted octanol–water partition coefficient (Wildman–Crippen LogP) is 0.919. The number of hydrogen-bond acceptors (Lipinski definition) is 3. The van der Waals surface area contributed by atoms with Gasteiger partial charge in [0.2, 0.25) is 0 Å². The smallest absolute Gasteiger partial charge is 0.143 e. The molecule has 1 saturated heterocycles. The van der Waals surface area contributed by atoms with Crippen LogP contribution in [0.2, 0.25) is 0 Å². The Hall–Kier alpha value is -0.850. The lowest BCUT2D eigenvalue weighted by atomic mass is 10.4. The highest BCUT2D eigenvalue weighted by atomic mass is 16.2. The van der Waals surface area contributed by atoms with E-state index in [4.69, 9.17) is 5.11 Å². The van der Waals surface area contributed by atoms with E-state index in [0.717, 1.165) is 13.1 Å². The van der Waals surface area contributed by atoms with Gasteiger partial charge in [0.1, 0.15) is 5.78 Å². The van der Waals surface area contributed by atoms with E-state index in [1.165, 1.54) is 12.8 Å². The van der Waals surface area contributed by atoms with Crippen molar-refractivity contribution in [2.75, 3.05) is 26.2 Å². The molecule has 3 nitrogen and oxygen atoms in total. The molecule has 0 spiro atoms. The van der Waals surface area contributed by atoms with Gasteiger partial charge in [0, 0.05) is 6.61 Å². The minimum atomic E-state index is 0.250. The van der Waals surface area contributed by atoms with Gasteiger partial charge in [0.15, 0.2) is 0 Å². The average molecular weight is 199 g/mol. The van der Waals surface area contributed by atoms with Crippen LogP contribution in [-0.2, 0) is 4.79 Å². The molecule has 1 fully saturated rings. The van der Waals surface area contributed by atoms with E-state index in [9.17, 15) is 4.79 Å². The van der Waals surface area contributed by atoms with Crippen molar-refractivity contribution in [2.24, 2.45) is 0 Å². The molecule has 14 heavy (non-hydrogen) atoms. The molecular formula is C11H21NO2. The first-order chi connectivity index (χ1) is 6.70. The SMILES string of the molecule is C#C.CC(=O)CN1CCCC1.CCO. The van der Waals surface area contributed by atoms with Crippen molar-refractivity contribution < 1.29 is 9.90 Å². The van der Waals surface area contributed by atoms with E-state index >= 15 is 0 Å². The number of hydrogen-bond donors (Lipinski definition) is 1. The zero-order valence-corrected chi connectivity index (χ0v) is 9.20. The predicted molar refractivity (Wildman–Crippen MR) is 59.0 cm³/mol. The summed E-state index contributed by atoms with van der Waals surface area (Å²) in [5.74, 6) is 0.289. The molecule has 0 saturated carbocycles. The highest BCUT2D eigenvalue weighted by Crippen LogP contribution is 2.05. The van der Waals surface area contributed by atoms with Gasteiger partial charge >= 0.3 is 0 Å². The Bertz CT molecular complexity index is 149. The number of carbonyl (C=O) groups excluding carboxylic acids is 1. The lowest BCUT2D eigenvalue weighted by Crippen LogP contribution is -2.24. The fourth-order valence-corrected chi connectivity index (χ4v) is 1.26. The topological polar surface area (TPSA) is 40.5 Å². The third-order valence-electron chi connectivity index (χ3n) is 1.64. The molecule has 1 heterocycles. The van der Waals surface area contributed by atoms with E-state index in [0.29, 0.717) is 6.54 Å². The van der Waals surface area contributed by atoms with Crippen molar-refractivity contribution in [3.63, 3.8) is 0 Å². The molecule has 1 aliphatic rings. The summed E-state index contributed by atoms with van der Waals surface area (Å²) in [5.41, 5.74) is 0. The quantitative estimate of drug-likeness (QED) is 0.672. The van der Waals surface area contributed by atoms with Crippen molar-refractivity contribution in [3.8, 4) is 12.8 Å². The molecule has 0 aromatic carbocycles. The molecule has 1 aliphatic heterocycles. The summed E-state index contributed by atoms with van der Waals surface area (Å²) in [4.78, 5) is 12.8. The third kappa shape index (κ3) is 11.2. The number of aliphatic hydroxyl groups excluding tert-OH is 1. The fourth-order valence-electron chi connectivity index (χ4n) is 1.26. The summed E-state index contributed by atoms with van der Waals surface area (Å²) in [6.07, 6.45) is 10.5. The van der Waals surface area contributed by atoms with E-state index in [1.54, 1.807) is 13.8 Å². The maximum atomic E-state index is 10.6. The van der Waals surface area contributed by atoms with Crippen molar-refractivity contribution in [2.45, 2.75) is 26.7 Å². The summed E-state index contributed by atoms with van der Waals surface area (Å²) >= 11 is 0. The number of rotatable bonds is 2. The normalized spacial score (nSPS) is 14.6. The van der Waals surface area contributed by atoms with Crippen molar-refractivity contribution in [1.82, 2.24) is 4.90 Å². The Morgan fingerprint density at radius 2 is 1.71 bits per heavy atom. The molecule has 1 N–H and O–H groups in total. The van der Waals surface area contributed by atoms with Gasteiger partial charge in [-0.3, -0.25) is 9.69 Å². The Balaban J connectivity index is 0. The first kappa shape index (κ1) is 15.6. The number of aliphatic hydroxyl groups is 1. The second-order valence-corrected chi connectivity index (χ2v) is 3.00. The summed E-state index contributed by atoms with van der Waals surface area (Å²) in [6, 6.07) is 0. The standard InChI is InChI=1S/C7H13NO.C2H6O.C2H2/c1-7(9)6-8-4-2-3-5-8;1-2-3;1-2/h2-6H2,1H3;3H,2H2,1H3;1-2H. The molecule has 0 atom stereocenters. The maximum absolute atomic E-state index is 10.6. The molecule has 1 rings (SSSR count). The van der Waals surface area contributed by atoms with Crippen LogP contribution in [0.1, 0.15) is 26.7 Å². The van der Waals surface area contributed by atoms with Crippen LogP contribution in [0.3, 0.4) is 0 Å². The van der Waals surface area contributed by atoms with Crippen LogP contribution in [-0.4, -0.2) is 42.0 Å². The Labute approximate surface area is 87.1 Å². The monoisotopic (exact) mass is 199 g/mol. The zero-order chi connectivity index (χ0) is 11.4. The molecule has 0 unspecified atom stereocenters. The molecule has 82 valence electrons. The molecule has 3 heteroatoms. The molecule has 0 aromatic rings. The number of nitrogens with zero attached hydrogens (tertiary/aromatic N) is 1. The second kappa shape index (κ2) is 12.2. The van der Waals surface area contributed by atoms with Crippen molar-refractivity contribution in [3.05, 3.63) is 0 Å². The van der Waals surface area contributed by atoms with Gasteiger partial charge in [0.05, 0.1) is 6.54 Å². The highest BCUT2D eigenvalue weighted by molar-refractivity contribution is 5.77. The number of carbonyl (C=O) groups is 1. The molecular weight excluding hydrogens is 178 g/mol. The molecule has 0 bridgehead atoms. The van der Waals surface area contributed by atoms with E-state index in [1.807, 2.05) is 0 Å². The van der Waals surface area contributed by atoms with E-state index in [-0.39, 0.29) is 12.4 Å². The largest absolute Gasteiger partial charge is 0.397 e. The molecule has 0 aromatic heterocycles. The first-order valence-electron chi connectivity index (χ1n) is 4.86. The van der Waals surface area contributed by atoms with Crippen LogP contribution >= 0.6 is 0 Å². The Morgan fingerprint density at radius 1 is 1.36 bits per heavy atom. The number of terminal acetylenes is 1. The number of likely N-dealkylation sites (tertiary alicyclic amines) is 1. The Morgan fingerprint density at radius 3 is 2.00 bits per heavy atom. The lowest BCUT2D eigenvalue weighted by molar-refractivity contribution is -0.117. The van der Waals surface area contributed by atoms with Crippen LogP contribution < -0.4 is 0 Å². The minimum absolute atomic E-state index is 0.250. The van der Waals surface area contributed by atoms with Crippen LogP contribution in [0.5, 0.6) is 0 Å². The first-order valence-corrected chi connectivity index (χ1v) is 4.86. The van der Waals surface area contributed by atoms with Gasteiger partial charge in [-0.2, -0.15) is 0 Å². The Kier molecular flexibility index (Phi) is 13.6. The number of Topliss-reactive ketones (excluding diaryl/α,β-unsaturated/α-hetero) is 1. The van der Waals surface area contributed by atoms with Gasteiger partial charge in [-0.15, -0.1) is 12.8 Å². The van der Waals surface area contributed by atoms with Gasteiger partial charge in [0.25, 0.3) is 0 Å². The minimum Gasteiger partial charge on any atom is -0.397 e. The lowest BCUT2D eigenvalue weighted by Gasteiger charge is -2.10.